The van der Waals surface area contributed by atoms with E-state index >= 15 is 0 Å². The van der Waals surface area contributed by atoms with Crippen LogP contribution in [0.1, 0.15) is 30.5 Å². The van der Waals surface area contributed by atoms with Gasteiger partial charge in [-0.25, -0.2) is 0 Å². The minimum absolute atomic E-state index is 0.122. The van der Waals surface area contributed by atoms with Crippen molar-refractivity contribution in [3.8, 4) is 6.07 Å². The largest absolute Gasteiger partial charge is 0.417 e. The van der Waals surface area contributed by atoms with Gasteiger partial charge < -0.3 is 0 Å². The van der Waals surface area contributed by atoms with Gasteiger partial charge in [-0.2, -0.15) is 18.4 Å². The number of alkyl halides is 3. The minimum atomic E-state index is -4.47. The number of hydrogen-bond acceptors (Lipinski definition) is 2. The Hall–Kier alpha value is -1.28. The van der Waals surface area contributed by atoms with Crippen molar-refractivity contribution in [3.05, 3.63) is 28.5 Å². The summed E-state index contributed by atoms with van der Waals surface area (Å²) in [6.45, 7) is 1.74. The van der Waals surface area contributed by atoms with Gasteiger partial charge in [0.15, 0.2) is 0 Å². The van der Waals surface area contributed by atoms with Crippen molar-refractivity contribution in [3.63, 3.8) is 0 Å². The molecule has 0 aliphatic rings. The Bertz CT molecular complexity index is 423. The lowest BCUT2D eigenvalue weighted by atomic mass is 10.0. The van der Waals surface area contributed by atoms with Crippen LogP contribution in [0.25, 0.3) is 0 Å². The van der Waals surface area contributed by atoms with Crippen molar-refractivity contribution < 1.29 is 13.2 Å². The fourth-order valence-corrected chi connectivity index (χ4v) is 1.50. The van der Waals surface area contributed by atoms with E-state index in [1.807, 2.05) is 6.07 Å². The normalized spacial score (nSPS) is 13.2. The fraction of sp³-hybridized carbons (Fsp3) is 0.400. The molecular weight excluding hydrogens is 241 g/mol. The van der Waals surface area contributed by atoms with Gasteiger partial charge in [-0.15, -0.1) is 0 Å². The standard InChI is InChI=1S/C10H8ClF3N2/c1-2-6(4-15)9-8(11)3-7(5-16-9)10(12,13)14/h3,5-6H,2H2,1H3. The molecule has 1 unspecified atom stereocenters. The van der Waals surface area contributed by atoms with Crippen LogP contribution in [-0.2, 0) is 6.18 Å². The van der Waals surface area contributed by atoms with Gasteiger partial charge in [-0.1, -0.05) is 18.5 Å². The predicted molar refractivity (Wildman–Crippen MR) is 52.9 cm³/mol. The molecule has 16 heavy (non-hydrogen) atoms. The van der Waals surface area contributed by atoms with Gasteiger partial charge in [-0.05, 0) is 12.5 Å². The zero-order valence-corrected chi connectivity index (χ0v) is 9.10. The molecule has 1 aromatic rings. The zero-order valence-electron chi connectivity index (χ0n) is 8.35. The van der Waals surface area contributed by atoms with Crippen molar-refractivity contribution in [1.82, 2.24) is 4.98 Å². The van der Waals surface area contributed by atoms with E-state index in [1.54, 1.807) is 6.92 Å². The van der Waals surface area contributed by atoms with Gasteiger partial charge in [0, 0.05) is 6.20 Å². The minimum Gasteiger partial charge on any atom is -0.258 e. The molecule has 0 spiro atoms. The van der Waals surface area contributed by atoms with Crippen LogP contribution in [0.5, 0.6) is 0 Å². The highest BCUT2D eigenvalue weighted by Gasteiger charge is 2.32. The number of nitrogens with zero attached hydrogens (tertiary/aromatic N) is 2. The predicted octanol–water partition coefficient (Wildman–Crippen LogP) is 3.77. The zero-order chi connectivity index (χ0) is 12.3. The maximum atomic E-state index is 12.3. The number of aromatic nitrogens is 1. The molecule has 0 radical (unpaired) electrons. The molecule has 6 heteroatoms. The molecule has 0 aliphatic heterocycles. The number of rotatable bonds is 2. The third-order valence-electron chi connectivity index (χ3n) is 2.09. The lowest BCUT2D eigenvalue weighted by Gasteiger charge is -2.11. The van der Waals surface area contributed by atoms with Gasteiger partial charge in [0.05, 0.1) is 28.3 Å². The average molecular weight is 249 g/mol. The van der Waals surface area contributed by atoms with E-state index in [2.05, 4.69) is 4.98 Å². The topological polar surface area (TPSA) is 36.7 Å². The maximum absolute atomic E-state index is 12.3. The van der Waals surface area contributed by atoms with Crippen LogP contribution < -0.4 is 0 Å². The molecule has 1 atom stereocenters. The summed E-state index contributed by atoms with van der Waals surface area (Å²) < 4.78 is 36.9. The second-order valence-electron chi connectivity index (χ2n) is 3.18. The highest BCUT2D eigenvalue weighted by molar-refractivity contribution is 6.31. The van der Waals surface area contributed by atoms with Crippen LogP contribution >= 0.6 is 11.6 Å². The van der Waals surface area contributed by atoms with E-state index in [0.717, 1.165) is 6.07 Å². The quantitative estimate of drug-likeness (QED) is 0.799. The Morgan fingerprint density at radius 2 is 2.19 bits per heavy atom. The molecule has 0 fully saturated rings. The van der Waals surface area contributed by atoms with Crippen molar-refractivity contribution in [2.24, 2.45) is 0 Å². The summed E-state index contributed by atoms with van der Waals surface area (Å²) in [5, 5.41) is 8.64. The smallest absolute Gasteiger partial charge is 0.258 e. The van der Waals surface area contributed by atoms with Crippen LogP contribution in [0.2, 0.25) is 5.02 Å². The van der Waals surface area contributed by atoms with E-state index in [-0.39, 0.29) is 10.7 Å². The average Bonchev–Trinajstić information content (AvgIpc) is 2.20. The molecule has 1 heterocycles. The number of hydrogen-bond donors (Lipinski definition) is 0. The Labute approximate surface area is 95.7 Å². The number of halogens is 4. The van der Waals surface area contributed by atoms with Crippen LogP contribution in [-0.4, -0.2) is 4.98 Å². The molecular formula is C10H8ClF3N2. The Balaban J connectivity index is 3.15. The Morgan fingerprint density at radius 1 is 1.56 bits per heavy atom. The first-order valence-electron chi connectivity index (χ1n) is 4.52. The molecule has 0 saturated carbocycles. The van der Waals surface area contributed by atoms with E-state index < -0.39 is 17.7 Å². The lowest BCUT2D eigenvalue weighted by Crippen LogP contribution is -2.08. The second-order valence-corrected chi connectivity index (χ2v) is 3.59. The van der Waals surface area contributed by atoms with Gasteiger partial charge in [0.2, 0.25) is 0 Å². The summed E-state index contributed by atoms with van der Waals surface area (Å²) in [7, 11) is 0. The summed E-state index contributed by atoms with van der Waals surface area (Å²) in [5.41, 5.74) is -0.714. The third-order valence-corrected chi connectivity index (χ3v) is 2.39. The monoisotopic (exact) mass is 248 g/mol. The summed E-state index contributed by atoms with van der Waals surface area (Å²) in [4.78, 5) is 3.61. The molecule has 0 bridgehead atoms. The van der Waals surface area contributed by atoms with E-state index in [1.165, 1.54) is 0 Å². The van der Waals surface area contributed by atoms with Crippen molar-refractivity contribution >= 4 is 11.6 Å². The van der Waals surface area contributed by atoms with Crippen molar-refractivity contribution in [1.29, 1.82) is 5.26 Å². The Morgan fingerprint density at radius 3 is 2.56 bits per heavy atom. The molecule has 0 aliphatic carbocycles. The highest BCUT2D eigenvalue weighted by atomic mass is 35.5. The third kappa shape index (κ3) is 2.64. The van der Waals surface area contributed by atoms with Crippen LogP contribution in [0, 0.1) is 11.3 Å². The van der Waals surface area contributed by atoms with Crippen molar-refractivity contribution in [2.45, 2.75) is 25.4 Å². The van der Waals surface area contributed by atoms with Gasteiger partial charge in [-0.3, -0.25) is 4.98 Å². The number of pyridine rings is 1. The summed E-state index contributed by atoms with van der Waals surface area (Å²) in [5.74, 6) is -0.574. The maximum Gasteiger partial charge on any atom is 0.417 e. The second kappa shape index (κ2) is 4.71. The van der Waals surface area contributed by atoms with E-state index in [4.69, 9.17) is 16.9 Å². The molecule has 0 amide bonds. The Kier molecular flexibility index (Phi) is 3.76. The fourth-order valence-electron chi connectivity index (χ4n) is 1.21. The summed E-state index contributed by atoms with van der Waals surface area (Å²) in [6.07, 6.45) is -3.32. The first-order chi connectivity index (χ1) is 7.40. The van der Waals surface area contributed by atoms with Gasteiger partial charge in [0.1, 0.15) is 0 Å². The van der Waals surface area contributed by atoms with Gasteiger partial charge >= 0.3 is 6.18 Å². The first kappa shape index (κ1) is 12.8. The van der Waals surface area contributed by atoms with Crippen LogP contribution in [0.4, 0.5) is 13.2 Å². The molecule has 86 valence electrons. The molecule has 1 rings (SSSR count). The van der Waals surface area contributed by atoms with Crippen LogP contribution in [0.3, 0.4) is 0 Å². The molecule has 2 nitrogen and oxygen atoms in total. The molecule has 0 aromatic carbocycles. The molecule has 1 aromatic heterocycles. The SMILES string of the molecule is CCC(C#N)c1ncc(C(F)(F)F)cc1Cl. The summed E-state index contributed by atoms with van der Waals surface area (Å²) in [6, 6.07) is 2.73. The van der Waals surface area contributed by atoms with Gasteiger partial charge in [0.25, 0.3) is 0 Å². The van der Waals surface area contributed by atoms with Crippen molar-refractivity contribution in [2.75, 3.05) is 0 Å². The van der Waals surface area contributed by atoms with E-state index in [9.17, 15) is 13.2 Å². The summed E-state index contributed by atoms with van der Waals surface area (Å²) >= 11 is 5.67. The highest BCUT2D eigenvalue weighted by Crippen LogP contribution is 2.33. The molecule has 0 saturated heterocycles. The lowest BCUT2D eigenvalue weighted by molar-refractivity contribution is -0.137. The van der Waals surface area contributed by atoms with Crippen LogP contribution in [0.15, 0.2) is 12.3 Å². The first-order valence-corrected chi connectivity index (χ1v) is 4.90. The van der Waals surface area contributed by atoms with E-state index in [0.29, 0.717) is 12.6 Å². The number of nitriles is 1. The molecule has 0 N–H and O–H groups in total.